The van der Waals surface area contributed by atoms with Crippen molar-refractivity contribution in [3.8, 4) is 22.8 Å². The van der Waals surface area contributed by atoms with Gasteiger partial charge in [0, 0.05) is 37.5 Å². The number of carbonyl (C=O) groups is 1. The number of pyridine rings is 3. The number of aromatic amines is 2. The van der Waals surface area contributed by atoms with Crippen LogP contribution in [0.5, 0.6) is 0 Å². The van der Waals surface area contributed by atoms with Crippen LogP contribution in [0.15, 0.2) is 42.9 Å². The lowest BCUT2D eigenvalue weighted by Crippen LogP contribution is -2.30. The van der Waals surface area contributed by atoms with Crippen LogP contribution in [0.4, 0.5) is 11.5 Å². The summed E-state index contributed by atoms with van der Waals surface area (Å²) in [7, 11) is 0. The molecule has 6 rings (SSSR count). The van der Waals surface area contributed by atoms with Crippen molar-refractivity contribution < 1.29 is 4.79 Å². The molecule has 5 aromatic heterocycles. The van der Waals surface area contributed by atoms with Gasteiger partial charge in [-0.3, -0.25) is 14.9 Å². The lowest BCUT2D eigenvalue weighted by molar-refractivity contribution is -0.115. The molecule has 1 aliphatic rings. The van der Waals surface area contributed by atoms with Gasteiger partial charge in [-0.15, -0.1) is 0 Å². The maximum atomic E-state index is 11.8. The van der Waals surface area contributed by atoms with E-state index in [0.29, 0.717) is 29.1 Å². The number of fused-ring (bicyclic) bond motifs is 2. The van der Waals surface area contributed by atoms with E-state index in [1.165, 1.54) is 19.3 Å². The van der Waals surface area contributed by atoms with Gasteiger partial charge in [0.05, 0.1) is 28.6 Å². The largest absolute Gasteiger partial charge is 0.355 e. The SMILES string of the molecule is CCC(=O)Nc1cncc(-c2ccc3[nH]nc(-c4nc5c(N6CCCCC6)nccc5[nH]4)c3n2)c1. The van der Waals surface area contributed by atoms with Crippen molar-refractivity contribution in [2.24, 2.45) is 0 Å². The Morgan fingerprint density at radius 1 is 1.06 bits per heavy atom. The predicted octanol–water partition coefficient (Wildman–Crippen LogP) is 4.30. The summed E-state index contributed by atoms with van der Waals surface area (Å²) in [5.74, 6) is 1.49. The third-order valence-corrected chi connectivity index (χ3v) is 6.31. The molecule has 176 valence electrons. The molecule has 0 radical (unpaired) electrons. The Morgan fingerprint density at radius 3 is 2.80 bits per heavy atom. The molecule has 1 aliphatic heterocycles. The van der Waals surface area contributed by atoms with Crippen molar-refractivity contribution in [1.29, 1.82) is 0 Å². The molecule has 1 amide bonds. The molecule has 1 fully saturated rings. The molecule has 0 bridgehead atoms. The fraction of sp³-hybridized carbons (Fsp3) is 0.280. The molecule has 1 saturated heterocycles. The highest BCUT2D eigenvalue weighted by atomic mass is 16.1. The van der Waals surface area contributed by atoms with Crippen LogP contribution in [-0.2, 0) is 4.79 Å². The normalized spacial score (nSPS) is 14.0. The van der Waals surface area contributed by atoms with Crippen LogP contribution in [0.3, 0.4) is 0 Å². The zero-order valence-electron chi connectivity index (χ0n) is 19.4. The quantitative estimate of drug-likeness (QED) is 0.351. The number of carbonyl (C=O) groups excluding carboxylic acids is 1. The number of rotatable bonds is 5. The highest BCUT2D eigenvalue weighted by molar-refractivity contribution is 5.94. The fourth-order valence-electron chi connectivity index (χ4n) is 4.49. The second-order valence-corrected chi connectivity index (χ2v) is 8.69. The first-order chi connectivity index (χ1) is 17.2. The number of piperidine rings is 1. The van der Waals surface area contributed by atoms with Gasteiger partial charge in [0.15, 0.2) is 17.3 Å². The van der Waals surface area contributed by atoms with Crippen LogP contribution in [0.2, 0.25) is 0 Å². The molecule has 6 heterocycles. The van der Waals surface area contributed by atoms with Gasteiger partial charge >= 0.3 is 0 Å². The van der Waals surface area contributed by atoms with E-state index in [4.69, 9.17) is 9.97 Å². The van der Waals surface area contributed by atoms with Crippen LogP contribution in [-0.4, -0.2) is 54.1 Å². The third kappa shape index (κ3) is 3.96. The highest BCUT2D eigenvalue weighted by Crippen LogP contribution is 2.31. The summed E-state index contributed by atoms with van der Waals surface area (Å²) in [4.78, 5) is 36.2. The first kappa shape index (κ1) is 21.2. The van der Waals surface area contributed by atoms with Gasteiger partial charge in [-0.1, -0.05) is 6.92 Å². The average Bonchev–Trinajstić information content (AvgIpc) is 3.53. The number of aromatic nitrogens is 7. The number of nitrogens with zero attached hydrogens (tertiary/aromatic N) is 6. The second-order valence-electron chi connectivity index (χ2n) is 8.69. The number of H-pyrrole nitrogens is 2. The fourth-order valence-corrected chi connectivity index (χ4v) is 4.49. The summed E-state index contributed by atoms with van der Waals surface area (Å²) < 4.78 is 0. The molecule has 10 nitrogen and oxygen atoms in total. The summed E-state index contributed by atoms with van der Waals surface area (Å²) in [6.07, 6.45) is 9.18. The molecule has 0 spiro atoms. The maximum Gasteiger partial charge on any atom is 0.224 e. The zero-order chi connectivity index (χ0) is 23.8. The Bertz CT molecular complexity index is 1530. The minimum absolute atomic E-state index is 0.0622. The molecule has 35 heavy (non-hydrogen) atoms. The van der Waals surface area contributed by atoms with Crippen molar-refractivity contribution in [3.05, 3.63) is 42.9 Å². The van der Waals surface area contributed by atoms with Crippen molar-refractivity contribution in [2.75, 3.05) is 23.3 Å². The molecular formula is C25H25N9O. The smallest absolute Gasteiger partial charge is 0.224 e. The van der Waals surface area contributed by atoms with Crippen LogP contribution in [0, 0.1) is 0 Å². The molecule has 0 aliphatic carbocycles. The zero-order valence-corrected chi connectivity index (χ0v) is 19.4. The summed E-state index contributed by atoms with van der Waals surface area (Å²) >= 11 is 0. The van der Waals surface area contributed by atoms with Gasteiger partial charge in [-0.05, 0) is 43.5 Å². The third-order valence-electron chi connectivity index (χ3n) is 6.31. The number of hydrogen-bond acceptors (Lipinski definition) is 7. The average molecular weight is 468 g/mol. The van der Waals surface area contributed by atoms with E-state index in [1.807, 2.05) is 37.4 Å². The molecule has 0 unspecified atom stereocenters. The lowest BCUT2D eigenvalue weighted by atomic mass is 10.1. The lowest BCUT2D eigenvalue weighted by Gasteiger charge is -2.27. The molecule has 5 aromatic rings. The Kier molecular flexibility index (Phi) is 5.32. The predicted molar refractivity (Wildman–Crippen MR) is 135 cm³/mol. The van der Waals surface area contributed by atoms with Gasteiger partial charge in [0.25, 0.3) is 0 Å². The summed E-state index contributed by atoms with van der Waals surface area (Å²) in [6.45, 7) is 3.80. The van der Waals surface area contributed by atoms with Crippen molar-refractivity contribution in [1.82, 2.24) is 35.1 Å². The summed E-state index contributed by atoms with van der Waals surface area (Å²) in [6, 6.07) is 7.65. The number of imidazole rings is 1. The van der Waals surface area contributed by atoms with Gasteiger partial charge in [-0.2, -0.15) is 5.10 Å². The van der Waals surface area contributed by atoms with Gasteiger partial charge < -0.3 is 15.2 Å². The van der Waals surface area contributed by atoms with Gasteiger partial charge in [0.1, 0.15) is 11.0 Å². The van der Waals surface area contributed by atoms with Crippen molar-refractivity contribution >= 4 is 39.5 Å². The van der Waals surface area contributed by atoms with E-state index in [-0.39, 0.29) is 5.91 Å². The Balaban J connectivity index is 1.39. The first-order valence-corrected chi connectivity index (χ1v) is 11.9. The molecular weight excluding hydrogens is 442 g/mol. The molecule has 0 atom stereocenters. The van der Waals surface area contributed by atoms with E-state index >= 15 is 0 Å². The second kappa shape index (κ2) is 8.79. The number of amides is 1. The Hall–Kier alpha value is -4.34. The standard InChI is InChI=1S/C25H25N9O/c1-2-20(35)28-16-12-15(13-26-14-16)17-6-7-19-21(29-17)23(33-32-19)24-30-18-8-9-27-25(22(18)31-24)34-10-4-3-5-11-34/h6-9,12-14H,2-5,10-11H2,1H3,(H,28,35)(H,30,31)(H,32,33). The summed E-state index contributed by atoms with van der Waals surface area (Å²) in [5.41, 5.74) is 6.09. The molecule has 10 heteroatoms. The number of hydrogen-bond donors (Lipinski definition) is 3. The monoisotopic (exact) mass is 467 g/mol. The van der Waals surface area contributed by atoms with Gasteiger partial charge in [-0.25, -0.2) is 15.0 Å². The van der Waals surface area contributed by atoms with Gasteiger partial charge in [0.2, 0.25) is 5.91 Å². The molecule has 0 saturated carbocycles. The Morgan fingerprint density at radius 2 is 1.94 bits per heavy atom. The van der Waals surface area contributed by atoms with Crippen molar-refractivity contribution in [3.63, 3.8) is 0 Å². The Labute approximate surface area is 201 Å². The number of anilines is 2. The molecule has 0 aromatic carbocycles. The van der Waals surface area contributed by atoms with Crippen LogP contribution >= 0.6 is 0 Å². The first-order valence-electron chi connectivity index (χ1n) is 11.9. The highest BCUT2D eigenvalue weighted by Gasteiger charge is 2.20. The van der Waals surface area contributed by atoms with Crippen molar-refractivity contribution in [2.45, 2.75) is 32.6 Å². The topological polar surface area (TPSA) is 128 Å². The minimum Gasteiger partial charge on any atom is -0.355 e. The number of nitrogens with one attached hydrogen (secondary N) is 3. The van der Waals surface area contributed by atoms with E-state index < -0.39 is 0 Å². The van der Waals surface area contributed by atoms with E-state index in [2.05, 4.69) is 35.4 Å². The summed E-state index contributed by atoms with van der Waals surface area (Å²) in [5, 5.41) is 10.4. The van der Waals surface area contributed by atoms with E-state index in [9.17, 15) is 4.79 Å². The minimum atomic E-state index is -0.0622. The maximum absolute atomic E-state index is 11.8. The van der Waals surface area contributed by atoms with Crippen LogP contribution in [0.25, 0.3) is 44.8 Å². The van der Waals surface area contributed by atoms with Crippen LogP contribution in [0.1, 0.15) is 32.6 Å². The van der Waals surface area contributed by atoms with E-state index in [0.717, 1.165) is 46.7 Å². The van der Waals surface area contributed by atoms with Crippen LogP contribution < -0.4 is 10.2 Å². The molecule has 3 N–H and O–H groups in total. The van der Waals surface area contributed by atoms with E-state index in [1.54, 1.807) is 12.4 Å².